The molecule has 3 nitrogen and oxygen atoms in total. The molecule has 0 saturated heterocycles. The minimum absolute atomic E-state index is 0.0925. The number of rotatable bonds is 7. The van der Waals surface area contributed by atoms with Crippen LogP contribution in [0.5, 0.6) is 0 Å². The van der Waals surface area contributed by atoms with Gasteiger partial charge in [-0.05, 0) is 19.3 Å². The van der Waals surface area contributed by atoms with E-state index in [1.54, 1.807) is 6.08 Å². The van der Waals surface area contributed by atoms with Gasteiger partial charge in [-0.25, -0.2) is 0 Å². The van der Waals surface area contributed by atoms with Gasteiger partial charge in [-0.3, -0.25) is 9.59 Å². The van der Waals surface area contributed by atoms with Crippen molar-refractivity contribution in [2.24, 2.45) is 5.92 Å². The van der Waals surface area contributed by atoms with E-state index in [0.29, 0.717) is 6.42 Å². The summed E-state index contributed by atoms with van der Waals surface area (Å²) in [5, 5.41) is 2.79. The second-order valence-corrected chi connectivity index (χ2v) is 4.79. The normalized spacial score (nSPS) is 13.6. The van der Waals surface area contributed by atoms with E-state index in [1.165, 1.54) is 0 Å². The van der Waals surface area contributed by atoms with E-state index in [9.17, 15) is 9.59 Å². The summed E-state index contributed by atoms with van der Waals surface area (Å²) in [5.41, 5.74) is 1.05. The molecule has 0 saturated carbocycles. The van der Waals surface area contributed by atoms with Crippen LogP contribution in [0.1, 0.15) is 53.9 Å². The summed E-state index contributed by atoms with van der Waals surface area (Å²) in [6.07, 6.45) is 4.00. The molecule has 0 aromatic carbocycles. The second-order valence-electron chi connectivity index (χ2n) is 4.79. The van der Waals surface area contributed by atoms with Crippen LogP contribution >= 0.6 is 0 Å². The highest BCUT2D eigenvalue weighted by atomic mass is 16.2. The van der Waals surface area contributed by atoms with Gasteiger partial charge in [-0.1, -0.05) is 39.7 Å². The minimum Gasteiger partial charge on any atom is -0.342 e. The number of Topliss-reactive ketones (excluding diaryl/α,β-unsaturated/α-hetero) is 1. The Labute approximate surface area is 105 Å². The van der Waals surface area contributed by atoms with E-state index < -0.39 is 0 Å². The van der Waals surface area contributed by atoms with E-state index in [0.717, 1.165) is 18.4 Å². The predicted molar refractivity (Wildman–Crippen MR) is 70.7 cm³/mol. The average Bonchev–Trinajstić information content (AvgIpc) is 2.24. The van der Waals surface area contributed by atoms with Gasteiger partial charge in [0.05, 0.1) is 6.04 Å². The lowest BCUT2D eigenvalue weighted by molar-refractivity contribution is -0.126. The highest BCUT2D eigenvalue weighted by Gasteiger charge is 2.21. The number of hydrogen-bond donors (Lipinski definition) is 1. The molecule has 0 spiro atoms. The van der Waals surface area contributed by atoms with Gasteiger partial charge >= 0.3 is 0 Å². The standard InChI is InChI=1S/C14H25NO2/c1-6-8-11(5)9-13(17)15-14(10(3)4)12(16)7-2/h9-10,14H,6-8H2,1-5H3,(H,15,17)/b11-9+. The van der Waals surface area contributed by atoms with Gasteiger partial charge in [-0.2, -0.15) is 0 Å². The maximum Gasteiger partial charge on any atom is 0.244 e. The molecule has 1 atom stereocenters. The molecule has 1 unspecified atom stereocenters. The maximum absolute atomic E-state index is 11.7. The van der Waals surface area contributed by atoms with Gasteiger partial charge < -0.3 is 5.32 Å². The zero-order valence-corrected chi connectivity index (χ0v) is 11.7. The van der Waals surface area contributed by atoms with Crippen molar-refractivity contribution in [1.82, 2.24) is 5.32 Å². The smallest absolute Gasteiger partial charge is 0.244 e. The van der Waals surface area contributed by atoms with Crippen LogP contribution in [0.3, 0.4) is 0 Å². The molecular weight excluding hydrogens is 214 g/mol. The monoisotopic (exact) mass is 239 g/mol. The zero-order chi connectivity index (χ0) is 13.4. The van der Waals surface area contributed by atoms with Gasteiger partial charge in [0.2, 0.25) is 5.91 Å². The molecular formula is C14H25NO2. The van der Waals surface area contributed by atoms with E-state index in [2.05, 4.69) is 12.2 Å². The Morgan fingerprint density at radius 1 is 1.24 bits per heavy atom. The average molecular weight is 239 g/mol. The van der Waals surface area contributed by atoms with Gasteiger partial charge in [0.1, 0.15) is 0 Å². The molecule has 0 aliphatic carbocycles. The lowest BCUT2D eigenvalue weighted by Gasteiger charge is -2.19. The first-order valence-electron chi connectivity index (χ1n) is 6.42. The number of carbonyl (C=O) groups excluding carboxylic acids is 2. The summed E-state index contributed by atoms with van der Waals surface area (Å²) in [6, 6.07) is -0.363. The van der Waals surface area contributed by atoms with Crippen molar-refractivity contribution < 1.29 is 9.59 Å². The van der Waals surface area contributed by atoms with Gasteiger partial charge in [0, 0.05) is 12.5 Å². The van der Waals surface area contributed by atoms with Crippen molar-refractivity contribution in [3.63, 3.8) is 0 Å². The molecule has 0 heterocycles. The van der Waals surface area contributed by atoms with Crippen LogP contribution in [0, 0.1) is 5.92 Å². The van der Waals surface area contributed by atoms with Gasteiger partial charge in [0.15, 0.2) is 5.78 Å². The third-order valence-corrected chi connectivity index (χ3v) is 2.68. The third kappa shape index (κ3) is 6.25. The van der Waals surface area contributed by atoms with Crippen molar-refractivity contribution in [2.45, 2.75) is 59.9 Å². The highest BCUT2D eigenvalue weighted by molar-refractivity contribution is 5.94. The zero-order valence-electron chi connectivity index (χ0n) is 11.7. The molecule has 0 aromatic rings. The Morgan fingerprint density at radius 3 is 2.24 bits per heavy atom. The Morgan fingerprint density at radius 2 is 1.82 bits per heavy atom. The molecule has 0 aliphatic heterocycles. The van der Waals surface area contributed by atoms with E-state index in [1.807, 2.05) is 27.7 Å². The molecule has 0 fully saturated rings. The SMILES string of the molecule is CCC/C(C)=C/C(=O)NC(C(=O)CC)C(C)C. The van der Waals surface area contributed by atoms with Crippen LogP contribution in [-0.4, -0.2) is 17.7 Å². The second kappa shape index (κ2) is 8.04. The first kappa shape index (κ1) is 15.9. The fourth-order valence-electron chi connectivity index (χ4n) is 1.72. The molecule has 0 aromatic heterocycles. The summed E-state index contributed by atoms with van der Waals surface area (Å²) >= 11 is 0. The first-order valence-corrected chi connectivity index (χ1v) is 6.42. The van der Waals surface area contributed by atoms with E-state index >= 15 is 0 Å². The molecule has 98 valence electrons. The molecule has 1 amide bonds. The molecule has 0 rings (SSSR count). The van der Waals surface area contributed by atoms with Crippen LogP contribution in [0.4, 0.5) is 0 Å². The van der Waals surface area contributed by atoms with Crippen molar-refractivity contribution in [3.05, 3.63) is 11.6 Å². The lowest BCUT2D eigenvalue weighted by Crippen LogP contribution is -2.43. The van der Waals surface area contributed by atoms with Crippen molar-refractivity contribution >= 4 is 11.7 Å². The molecule has 0 radical (unpaired) electrons. The quantitative estimate of drug-likeness (QED) is 0.694. The lowest BCUT2D eigenvalue weighted by atomic mass is 9.98. The maximum atomic E-state index is 11.7. The first-order chi connectivity index (χ1) is 7.92. The summed E-state index contributed by atoms with van der Waals surface area (Å²) in [7, 11) is 0. The number of carbonyl (C=O) groups is 2. The number of nitrogens with one attached hydrogen (secondary N) is 1. The Kier molecular flexibility index (Phi) is 7.51. The third-order valence-electron chi connectivity index (χ3n) is 2.68. The number of ketones is 1. The van der Waals surface area contributed by atoms with Gasteiger partial charge in [0.25, 0.3) is 0 Å². The van der Waals surface area contributed by atoms with Crippen LogP contribution in [0.2, 0.25) is 0 Å². The Hall–Kier alpha value is -1.12. The van der Waals surface area contributed by atoms with Gasteiger partial charge in [-0.15, -0.1) is 0 Å². The largest absolute Gasteiger partial charge is 0.342 e. The van der Waals surface area contributed by atoms with Crippen molar-refractivity contribution in [3.8, 4) is 0 Å². The molecule has 1 N–H and O–H groups in total. The molecule has 3 heteroatoms. The topological polar surface area (TPSA) is 46.2 Å². The van der Waals surface area contributed by atoms with Crippen molar-refractivity contribution in [2.75, 3.05) is 0 Å². The number of allylic oxidation sites excluding steroid dienone is 1. The van der Waals surface area contributed by atoms with Crippen LogP contribution < -0.4 is 5.32 Å². The van der Waals surface area contributed by atoms with Crippen LogP contribution in [0.15, 0.2) is 11.6 Å². The van der Waals surface area contributed by atoms with Crippen molar-refractivity contribution in [1.29, 1.82) is 0 Å². The Bertz CT molecular complexity index is 293. The van der Waals surface area contributed by atoms with E-state index in [-0.39, 0.29) is 23.7 Å². The summed E-state index contributed by atoms with van der Waals surface area (Å²) in [4.78, 5) is 23.4. The fraction of sp³-hybridized carbons (Fsp3) is 0.714. The predicted octanol–water partition coefficient (Wildman–Crippen LogP) is 2.85. The van der Waals surface area contributed by atoms with Crippen LogP contribution in [0.25, 0.3) is 0 Å². The summed E-state index contributed by atoms with van der Waals surface area (Å²) < 4.78 is 0. The molecule has 17 heavy (non-hydrogen) atoms. The summed E-state index contributed by atoms with van der Waals surface area (Å²) in [6.45, 7) is 9.73. The Balaban J connectivity index is 4.52. The fourth-order valence-corrected chi connectivity index (χ4v) is 1.72. The number of hydrogen-bond acceptors (Lipinski definition) is 2. The van der Waals surface area contributed by atoms with Crippen LogP contribution in [-0.2, 0) is 9.59 Å². The molecule has 0 bridgehead atoms. The van der Waals surface area contributed by atoms with E-state index in [4.69, 9.17) is 0 Å². The minimum atomic E-state index is -0.363. The highest BCUT2D eigenvalue weighted by Crippen LogP contribution is 2.07. The number of amides is 1. The summed E-state index contributed by atoms with van der Waals surface area (Å²) in [5.74, 6) is 0.0672. The molecule has 0 aliphatic rings.